The predicted octanol–water partition coefficient (Wildman–Crippen LogP) is 2.85. The van der Waals surface area contributed by atoms with Crippen molar-refractivity contribution in [1.82, 2.24) is 19.9 Å². The van der Waals surface area contributed by atoms with Gasteiger partial charge in [-0.05, 0) is 38.1 Å². The van der Waals surface area contributed by atoms with Crippen LogP contribution in [-0.4, -0.2) is 57.9 Å². The molecule has 7 heteroatoms. The number of rotatable bonds is 3. The van der Waals surface area contributed by atoms with Crippen molar-refractivity contribution in [2.75, 3.05) is 26.2 Å². The molecule has 2 aliphatic rings. The van der Waals surface area contributed by atoms with Crippen LogP contribution in [0.5, 0.6) is 0 Å². The van der Waals surface area contributed by atoms with Gasteiger partial charge in [-0.15, -0.1) is 0 Å². The first-order valence-electron chi connectivity index (χ1n) is 10.5. The molecule has 7 nitrogen and oxygen atoms in total. The third kappa shape index (κ3) is 3.30. The highest BCUT2D eigenvalue weighted by Crippen LogP contribution is 2.45. The van der Waals surface area contributed by atoms with Crippen molar-refractivity contribution >= 4 is 11.8 Å². The number of nitrogens with zero attached hydrogens (tertiary/aromatic N) is 4. The normalized spacial score (nSPS) is 22.6. The minimum absolute atomic E-state index is 0.00496. The molecule has 5 rings (SSSR count). The van der Waals surface area contributed by atoms with Crippen molar-refractivity contribution in [1.29, 1.82) is 0 Å². The summed E-state index contributed by atoms with van der Waals surface area (Å²) in [5.74, 6) is 1.09. The molecule has 0 bridgehead atoms. The Hall–Kier alpha value is -3.48. The summed E-state index contributed by atoms with van der Waals surface area (Å²) >= 11 is 0. The summed E-state index contributed by atoms with van der Waals surface area (Å²) < 4.78 is 5.60. The lowest BCUT2D eigenvalue weighted by Crippen LogP contribution is -2.41. The van der Waals surface area contributed by atoms with E-state index < -0.39 is 5.41 Å². The highest BCUT2D eigenvalue weighted by Gasteiger charge is 2.58. The Balaban J connectivity index is 1.45. The summed E-state index contributed by atoms with van der Waals surface area (Å²) in [5, 5.41) is 3.99. The van der Waals surface area contributed by atoms with E-state index in [0.29, 0.717) is 49.0 Å². The molecule has 3 aromatic rings. The van der Waals surface area contributed by atoms with Gasteiger partial charge in [-0.1, -0.05) is 41.1 Å². The van der Waals surface area contributed by atoms with Crippen molar-refractivity contribution in [3.63, 3.8) is 0 Å². The van der Waals surface area contributed by atoms with Crippen LogP contribution >= 0.6 is 0 Å². The molecule has 158 valence electrons. The van der Waals surface area contributed by atoms with Crippen LogP contribution < -0.4 is 0 Å². The van der Waals surface area contributed by atoms with E-state index in [9.17, 15) is 9.59 Å². The van der Waals surface area contributed by atoms with Crippen molar-refractivity contribution in [2.24, 2.45) is 5.92 Å². The fraction of sp³-hybridized carbons (Fsp3) is 0.333. The highest BCUT2D eigenvalue weighted by molar-refractivity contribution is 5.96. The summed E-state index contributed by atoms with van der Waals surface area (Å²) in [4.78, 5) is 34.6. The average Bonchev–Trinajstić information content (AvgIpc) is 3.46. The topological polar surface area (TPSA) is 79.5 Å². The second kappa shape index (κ2) is 7.34. The molecular formula is C24H24N4O3. The Bertz CT molecular complexity index is 1140. The van der Waals surface area contributed by atoms with Gasteiger partial charge in [0.25, 0.3) is 11.8 Å². The molecule has 0 spiro atoms. The van der Waals surface area contributed by atoms with Crippen molar-refractivity contribution in [2.45, 2.75) is 19.3 Å². The van der Waals surface area contributed by atoms with E-state index in [0.717, 1.165) is 5.56 Å². The zero-order valence-corrected chi connectivity index (χ0v) is 17.6. The minimum atomic E-state index is -0.550. The maximum absolute atomic E-state index is 13.2. The molecule has 2 saturated heterocycles. The number of carbonyl (C=O) groups is 2. The number of hydrogen-bond donors (Lipinski definition) is 0. The number of aromatic nitrogens is 2. The Labute approximate surface area is 180 Å². The van der Waals surface area contributed by atoms with Gasteiger partial charge in [-0.2, -0.15) is 4.98 Å². The SMILES string of the molecule is Cc1cccc(C(=O)N2C[C@H]3CN(C(=O)c4ccccc4)C[C@@]3(c3nc(C)no3)C2)c1. The summed E-state index contributed by atoms with van der Waals surface area (Å²) in [6.07, 6.45) is 0. The fourth-order valence-corrected chi connectivity index (χ4v) is 4.90. The average molecular weight is 416 g/mol. The smallest absolute Gasteiger partial charge is 0.253 e. The second-order valence-electron chi connectivity index (χ2n) is 8.61. The van der Waals surface area contributed by atoms with Gasteiger partial charge in [0, 0.05) is 43.2 Å². The molecule has 3 heterocycles. The summed E-state index contributed by atoms with van der Waals surface area (Å²) in [5.41, 5.74) is 1.83. The second-order valence-corrected chi connectivity index (χ2v) is 8.61. The monoisotopic (exact) mass is 416 g/mol. The van der Waals surface area contributed by atoms with Gasteiger partial charge in [0.1, 0.15) is 0 Å². The number of likely N-dealkylation sites (tertiary alicyclic amines) is 2. The number of aryl methyl sites for hydroxylation is 2. The van der Waals surface area contributed by atoms with Gasteiger partial charge in [0.2, 0.25) is 5.89 Å². The molecule has 1 aromatic heterocycles. The summed E-state index contributed by atoms with van der Waals surface area (Å²) in [6.45, 7) is 5.76. The quantitative estimate of drug-likeness (QED) is 0.656. The van der Waals surface area contributed by atoms with Gasteiger partial charge in [-0.25, -0.2) is 0 Å². The van der Waals surface area contributed by atoms with Crippen molar-refractivity contribution in [3.8, 4) is 0 Å². The predicted molar refractivity (Wildman–Crippen MR) is 114 cm³/mol. The Kier molecular flexibility index (Phi) is 4.61. The first-order valence-corrected chi connectivity index (χ1v) is 10.5. The van der Waals surface area contributed by atoms with E-state index in [4.69, 9.17) is 4.52 Å². The Morgan fingerprint density at radius 1 is 0.935 bits per heavy atom. The molecule has 2 fully saturated rings. The van der Waals surface area contributed by atoms with Crippen LogP contribution in [-0.2, 0) is 5.41 Å². The summed E-state index contributed by atoms with van der Waals surface area (Å²) in [6, 6.07) is 16.9. The first-order chi connectivity index (χ1) is 15.0. The van der Waals surface area contributed by atoms with E-state index >= 15 is 0 Å². The van der Waals surface area contributed by atoms with Crippen LogP contribution in [0, 0.1) is 19.8 Å². The van der Waals surface area contributed by atoms with Gasteiger partial charge in [0.05, 0.1) is 5.41 Å². The molecule has 31 heavy (non-hydrogen) atoms. The Morgan fingerprint density at radius 3 is 2.19 bits per heavy atom. The lowest BCUT2D eigenvalue weighted by molar-refractivity contribution is 0.0727. The summed E-state index contributed by atoms with van der Waals surface area (Å²) in [7, 11) is 0. The maximum Gasteiger partial charge on any atom is 0.253 e. The minimum Gasteiger partial charge on any atom is -0.339 e. The van der Waals surface area contributed by atoms with Crippen LogP contribution in [0.4, 0.5) is 0 Å². The number of fused-ring (bicyclic) bond motifs is 1. The molecule has 0 N–H and O–H groups in total. The number of carbonyl (C=O) groups excluding carboxylic acids is 2. The van der Waals surface area contributed by atoms with E-state index in [1.807, 2.05) is 71.3 Å². The zero-order chi connectivity index (χ0) is 21.6. The maximum atomic E-state index is 13.2. The van der Waals surface area contributed by atoms with Crippen LogP contribution in [0.1, 0.15) is 38.0 Å². The van der Waals surface area contributed by atoms with Crippen molar-refractivity contribution in [3.05, 3.63) is 83.0 Å². The lowest BCUT2D eigenvalue weighted by Gasteiger charge is -2.26. The molecule has 0 unspecified atom stereocenters. The van der Waals surface area contributed by atoms with E-state index in [1.54, 1.807) is 6.92 Å². The van der Waals surface area contributed by atoms with Gasteiger partial charge >= 0.3 is 0 Å². The molecule has 2 aliphatic heterocycles. The first kappa shape index (κ1) is 19.5. The van der Waals surface area contributed by atoms with Gasteiger partial charge in [-0.3, -0.25) is 9.59 Å². The number of benzene rings is 2. The number of amides is 2. The van der Waals surface area contributed by atoms with Crippen molar-refractivity contribution < 1.29 is 14.1 Å². The molecule has 0 saturated carbocycles. The van der Waals surface area contributed by atoms with Crippen LogP contribution in [0.3, 0.4) is 0 Å². The third-order valence-electron chi connectivity index (χ3n) is 6.42. The van der Waals surface area contributed by atoms with Crippen LogP contribution in [0.15, 0.2) is 59.1 Å². The van der Waals surface area contributed by atoms with E-state index in [2.05, 4.69) is 10.1 Å². The zero-order valence-electron chi connectivity index (χ0n) is 17.6. The fourth-order valence-electron chi connectivity index (χ4n) is 4.90. The molecular weight excluding hydrogens is 392 g/mol. The van der Waals surface area contributed by atoms with Gasteiger partial charge in [0.15, 0.2) is 5.82 Å². The largest absolute Gasteiger partial charge is 0.339 e. The number of hydrogen-bond acceptors (Lipinski definition) is 5. The third-order valence-corrected chi connectivity index (χ3v) is 6.42. The lowest BCUT2D eigenvalue weighted by atomic mass is 9.81. The molecule has 0 radical (unpaired) electrons. The van der Waals surface area contributed by atoms with E-state index in [-0.39, 0.29) is 17.7 Å². The molecule has 2 aromatic carbocycles. The van der Waals surface area contributed by atoms with Crippen LogP contribution in [0.25, 0.3) is 0 Å². The van der Waals surface area contributed by atoms with Gasteiger partial charge < -0.3 is 14.3 Å². The molecule has 2 amide bonds. The highest BCUT2D eigenvalue weighted by atomic mass is 16.5. The molecule has 0 aliphatic carbocycles. The Morgan fingerprint density at radius 2 is 1.58 bits per heavy atom. The standard InChI is InChI=1S/C24H24N4O3/c1-16-7-6-10-19(11-16)22(30)28-13-20-12-27(21(29)18-8-4-3-5-9-18)14-24(20,15-28)23-25-17(2)26-31-23/h3-11,20H,12-15H2,1-2H3/t20-,24-/m1/s1. The molecule has 2 atom stereocenters. The van der Waals surface area contributed by atoms with E-state index in [1.165, 1.54) is 0 Å². The van der Waals surface area contributed by atoms with Crippen LogP contribution in [0.2, 0.25) is 0 Å².